The molecule has 1 aromatic heterocycles. The second-order valence-electron chi connectivity index (χ2n) is 3.79. The summed E-state index contributed by atoms with van der Waals surface area (Å²) < 4.78 is 0. The van der Waals surface area contributed by atoms with E-state index in [0.29, 0.717) is 10.6 Å². The third kappa shape index (κ3) is 3.87. The highest BCUT2D eigenvalue weighted by atomic mass is 35.5. The zero-order valence-corrected chi connectivity index (χ0v) is 11.5. The lowest BCUT2D eigenvalue weighted by Gasteiger charge is -2.04. The van der Waals surface area contributed by atoms with E-state index in [-0.39, 0.29) is 5.84 Å². The van der Waals surface area contributed by atoms with Gasteiger partial charge in [0.25, 0.3) is 0 Å². The van der Waals surface area contributed by atoms with Gasteiger partial charge >= 0.3 is 0 Å². The highest BCUT2D eigenvalue weighted by molar-refractivity contribution is 7.98. The van der Waals surface area contributed by atoms with Crippen molar-refractivity contribution in [3.05, 3.63) is 58.7 Å². The van der Waals surface area contributed by atoms with E-state index in [0.717, 1.165) is 16.3 Å². The SMILES string of the molecule is NC(=NO)c1cccc(CSc2ccc(Cl)cn2)c1. The first kappa shape index (κ1) is 13.7. The molecule has 0 aliphatic heterocycles. The Balaban J connectivity index is 2.05. The van der Waals surface area contributed by atoms with E-state index in [2.05, 4.69) is 10.1 Å². The Hall–Kier alpha value is -1.72. The summed E-state index contributed by atoms with van der Waals surface area (Å²) in [6, 6.07) is 11.2. The van der Waals surface area contributed by atoms with Crippen LogP contribution in [0.1, 0.15) is 11.1 Å². The Bertz CT molecular complexity index is 587. The minimum absolute atomic E-state index is 0.108. The Labute approximate surface area is 120 Å². The molecule has 0 bridgehead atoms. The van der Waals surface area contributed by atoms with Gasteiger partial charge in [0.1, 0.15) is 0 Å². The molecule has 0 aliphatic carbocycles. The molecule has 3 N–H and O–H groups in total. The summed E-state index contributed by atoms with van der Waals surface area (Å²) in [5.41, 5.74) is 7.33. The topological polar surface area (TPSA) is 71.5 Å². The standard InChI is InChI=1S/C13H12ClN3OS/c14-11-4-5-12(16-7-11)19-8-9-2-1-3-10(6-9)13(15)17-18/h1-7,18H,8H2,(H2,15,17). The fourth-order valence-electron chi connectivity index (χ4n) is 1.48. The summed E-state index contributed by atoms with van der Waals surface area (Å²) in [6.45, 7) is 0. The summed E-state index contributed by atoms with van der Waals surface area (Å²) in [6.07, 6.45) is 1.62. The molecule has 0 atom stereocenters. The van der Waals surface area contributed by atoms with E-state index in [4.69, 9.17) is 22.5 Å². The number of pyridine rings is 1. The molecule has 0 spiro atoms. The van der Waals surface area contributed by atoms with E-state index >= 15 is 0 Å². The average Bonchev–Trinajstić information content (AvgIpc) is 2.46. The van der Waals surface area contributed by atoms with Crippen LogP contribution in [0.15, 0.2) is 52.8 Å². The minimum Gasteiger partial charge on any atom is -0.409 e. The lowest BCUT2D eigenvalue weighted by Crippen LogP contribution is -2.13. The molecule has 0 saturated carbocycles. The van der Waals surface area contributed by atoms with Crippen molar-refractivity contribution in [2.45, 2.75) is 10.8 Å². The summed E-state index contributed by atoms with van der Waals surface area (Å²) in [7, 11) is 0. The van der Waals surface area contributed by atoms with Crippen LogP contribution in [0.25, 0.3) is 0 Å². The summed E-state index contributed by atoms with van der Waals surface area (Å²) in [5, 5.41) is 13.2. The number of nitrogens with two attached hydrogens (primary N) is 1. The number of thioether (sulfide) groups is 1. The Morgan fingerprint density at radius 2 is 2.21 bits per heavy atom. The first-order valence-electron chi connectivity index (χ1n) is 5.50. The van der Waals surface area contributed by atoms with Crippen molar-refractivity contribution in [3.8, 4) is 0 Å². The second-order valence-corrected chi connectivity index (χ2v) is 5.22. The molecule has 2 aromatic rings. The normalized spacial score (nSPS) is 11.5. The Morgan fingerprint density at radius 3 is 2.89 bits per heavy atom. The fraction of sp³-hybridized carbons (Fsp3) is 0.0769. The van der Waals surface area contributed by atoms with Crippen LogP contribution < -0.4 is 5.73 Å². The Morgan fingerprint density at radius 1 is 1.37 bits per heavy atom. The number of halogens is 1. The van der Waals surface area contributed by atoms with Crippen molar-refractivity contribution in [3.63, 3.8) is 0 Å². The quantitative estimate of drug-likeness (QED) is 0.299. The van der Waals surface area contributed by atoms with Crippen LogP contribution in [0.5, 0.6) is 0 Å². The van der Waals surface area contributed by atoms with Crippen LogP contribution in [0.3, 0.4) is 0 Å². The summed E-state index contributed by atoms with van der Waals surface area (Å²) >= 11 is 7.38. The second kappa shape index (κ2) is 6.45. The largest absolute Gasteiger partial charge is 0.409 e. The van der Waals surface area contributed by atoms with Gasteiger partial charge in [0.2, 0.25) is 0 Å². The molecular formula is C13H12ClN3OS. The zero-order chi connectivity index (χ0) is 13.7. The highest BCUT2D eigenvalue weighted by Gasteiger charge is 2.02. The van der Waals surface area contributed by atoms with Crippen molar-refractivity contribution >= 4 is 29.2 Å². The number of oxime groups is 1. The van der Waals surface area contributed by atoms with Crippen LogP contribution >= 0.6 is 23.4 Å². The van der Waals surface area contributed by atoms with E-state index in [1.807, 2.05) is 30.3 Å². The van der Waals surface area contributed by atoms with Gasteiger partial charge in [-0.05, 0) is 23.8 Å². The third-order valence-electron chi connectivity index (χ3n) is 2.42. The van der Waals surface area contributed by atoms with E-state index in [9.17, 15) is 0 Å². The van der Waals surface area contributed by atoms with Gasteiger partial charge in [0, 0.05) is 17.5 Å². The van der Waals surface area contributed by atoms with E-state index < -0.39 is 0 Å². The molecule has 0 unspecified atom stereocenters. The predicted molar refractivity (Wildman–Crippen MR) is 77.8 cm³/mol. The Kier molecular flexibility index (Phi) is 4.65. The van der Waals surface area contributed by atoms with Crippen LogP contribution in [-0.2, 0) is 5.75 Å². The molecular weight excluding hydrogens is 282 g/mol. The molecule has 0 amide bonds. The van der Waals surface area contributed by atoms with Crippen LogP contribution in [0.2, 0.25) is 5.02 Å². The number of hydrogen-bond acceptors (Lipinski definition) is 4. The number of benzene rings is 1. The van der Waals surface area contributed by atoms with Gasteiger partial charge in [-0.25, -0.2) is 4.98 Å². The summed E-state index contributed by atoms with van der Waals surface area (Å²) in [4.78, 5) is 4.21. The van der Waals surface area contributed by atoms with Crippen molar-refractivity contribution in [1.29, 1.82) is 0 Å². The monoisotopic (exact) mass is 293 g/mol. The first-order valence-corrected chi connectivity index (χ1v) is 6.86. The van der Waals surface area contributed by atoms with Crippen LogP contribution in [0.4, 0.5) is 0 Å². The van der Waals surface area contributed by atoms with E-state index in [1.54, 1.807) is 24.0 Å². The van der Waals surface area contributed by atoms with Gasteiger partial charge in [-0.15, -0.1) is 11.8 Å². The van der Waals surface area contributed by atoms with Gasteiger partial charge in [-0.3, -0.25) is 0 Å². The number of amidine groups is 1. The molecule has 4 nitrogen and oxygen atoms in total. The minimum atomic E-state index is 0.108. The number of hydrogen-bond donors (Lipinski definition) is 2. The first-order chi connectivity index (χ1) is 9.19. The van der Waals surface area contributed by atoms with Crippen molar-refractivity contribution in [2.24, 2.45) is 10.9 Å². The van der Waals surface area contributed by atoms with Crippen molar-refractivity contribution < 1.29 is 5.21 Å². The van der Waals surface area contributed by atoms with Gasteiger partial charge < -0.3 is 10.9 Å². The molecule has 0 fully saturated rings. The van der Waals surface area contributed by atoms with Gasteiger partial charge in [0.15, 0.2) is 5.84 Å². The smallest absolute Gasteiger partial charge is 0.170 e. The van der Waals surface area contributed by atoms with E-state index in [1.165, 1.54) is 0 Å². The maximum atomic E-state index is 8.65. The van der Waals surface area contributed by atoms with Crippen molar-refractivity contribution in [1.82, 2.24) is 4.98 Å². The predicted octanol–water partition coefficient (Wildman–Crippen LogP) is 3.12. The van der Waals surface area contributed by atoms with Gasteiger partial charge in [0.05, 0.1) is 10.0 Å². The molecule has 6 heteroatoms. The van der Waals surface area contributed by atoms with Crippen LogP contribution in [0, 0.1) is 0 Å². The van der Waals surface area contributed by atoms with Gasteiger partial charge in [-0.1, -0.05) is 35.0 Å². The lowest BCUT2D eigenvalue weighted by atomic mass is 10.1. The fourth-order valence-corrected chi connectivity index (χ4v) is 2.38. The maximum absolute atomic E-state index is 8.65. The molecule has 19 heavy (non-hydrogen) atoms. The maximum Gasteiger partial charge on any atom is 0.170 e. The van der Waals surface area contributed by atoms with Crippen LogP contribution in [-0.4, -0.2) is 16.0 Å². The third-order valence-corrected chi connectivity index (χ3v) is 3.66. The molecule has 2 rings (SSSR count). The molecule has 0 radical (unpaired) electrons. The van der Waals surface area contributed by atoms with Crippen molar-refractivity contribution in [2.75, 3.05) is 0 Å². The zero-order valence-electron chi connectivity index (χ0n) is 9.95. The average molecular weight is 294 g/mol. The highest BCUT2D eigenvalue weighted by Crippen LogP contribution is 2.22. The molecule has 0 aliphatic rings. The number of aromatic nitrogens is 1. The molecule has 1 heterocycles. The molecule has 0 saturated heterocycles. The lowest BCUT2D eigenvalue weighted by molar-refractivity contribution is 0.318. The number of rotatable bonds is 4. The molecule has 98 valence electrons. The molecule has 1 aromatic carbocycles. The van der Waals surface area contributed by atoms with Gasteiger partial charge in [-0.2, -0.15) is 0 Å². The summed E-state index contributed by atoms with van der Waals surface area (Å²) in [5.74, 6) is 0.859. The number of nitrogens with zero attached hydrogens (tertiary/aromatic N) is 2.